The summed E-state index contributed by atoms with van der Waals surface area (Å²) in [5.41, 5.74) is 4.32. The zero-order valence-electron chi connectivity index (χ0n) is 16.1. The number of hydrogen-bond acceptors (Lipinski definition) is 3. The van der Waals surface area contributed by atoms with Crippen molar-refractivity contribution in [3.8, 4) is 0 Å². The summed E-state index contributed by atoms with van der Waals surface area (Å²) < 4.78 is 0. The van der Waals surface area contributed by atoms with Crippen LogP contribution in [0, 0.1) is 0 Å². The molecule has 0 aliphatic carbocycles. The molecule has 2 aromatic carbocycles. The fourth-order valence-electron chi connectivity index (χ4n) is 3.54. The summed E-state index contributed by atoms with van der Waals surface area (Å²) in [6.07, 6.45) is 3.82. The topological polar surface area (TPSA) is 26.8 Å². The first-order chi connectivity index (χ1) is 12.6. The summed E-state index contributed by atoms with van der Waals surface area (Å²) in [4.78, 5) is 19.1. The highest BCUT2D eigenvalue weighted by molar-refractivity contribution is 5.94. The third kappa shape index (κ3) is 4.18. The summed E-state index contributed by atoms with van der Waals surface area (Å²) >= 11 is 0. The molecular weight excluding hydrogens is 322 g/mol. The molecule has 0 radical (unpaired) electrons. The van der Waals surface area contributed by atoms with Gasteiger partial charge in [0.15, 0.2) is 0 Å². The number of carbonyl (C=O) groups excluding carboxylic acids is 1. The second-order valence-electron chi connectivity index (χ2n) is 7.28. The molecule has 1 fully saturated rings. The van der Waals surface area contributed by atoms with Gasteiger partial charge >= 0.3 is 0 Å². The van der Waals surface area contributed by atoms with Gasteiger partial charge in [0.2, 0.25) is 0 Å². The van der Waals surface area contributed by atoms with Crippen LogP contribution in [0.2, 0.25) is 0 Å². The van der Waals surface area contributed by atoms with Crippen molar-refractivity contribution in [2.24, 2.45) is 0 Å². The van der Waals surface area contributed by atoms with Gasteiger partial charge in [-0.15, -0.1) is 0 Å². The number of piperidine rings is 1. The van der Waals surface area contributed by atoms with Gasteiger partial charge < -0.3 is 14.7 Å². The van der Waals surface area contributed by atoms with Crippen LogP contribution < -0.4 is 9.80 Å². The molecule has 138 valence electrons. The van der Waals surface area contributed by atoms with E-state index in [-0.39, 0.29) is 5.91 Å². The highest BCUT2D eigenvalue weighted by Gasteiger charge is 2.17. The maximum Gasteiger partial charge on any atom is 0.253 e. The van der Waals surface area contributed by atoms with Gasteiger partial charge in [-0.3, -0.25) is 4.79 Å². The monoisotopic (exact) mass is 351 g/mol. The fraction of sp³-hybridized carbons (Fsp3) is 0.409. The molecular formula is C22H29N3O. The Bertz CT molecular complexity index is 733. The number of benzene rings is 2. The van der Waals surface area contributed by atoms with Gasteiger partial charge in [-0.05, 0) is 55.2 Å². The molecule has 1 aliphatic rings. The summed E-state index contributed by atoms with van der Waals surface area (Å²) in [6.45, 7) is 2.85. The van der Waals surface area contributed by atoms with E-state index in [9.17, 15) is 4.79 Å². The van der Waals surface area contributed by atoms with E-state index in [1.807, 2.05) is 55.2 Å². The van der Waals surface area contributed by atoms with E-state index in [2.05, 4.69) is 29.2 Å². The van der Waals surface area contributed by atoms with Crippen LogP contribution in [0.3, 0.4) is 0 Å². The Labute approximate surface area is 157 Å². The van der Waals surface area contributed by atoms with Crippen LogP contribution in [0.25, 0.3) is 0 Å². The molecule has 0 saturated carbocycles. The van der Waals surface area contributed by atoms with Crippen LogP contribution in [-0.2, 0) is 6.54 Å². The summed E-state index contributed by atoms with van der Waals surface area (Å²) in [5.74, 6) is 0.0590. The normalized spacial score (nSPS) is 14.2. The molecule has 0 atom stereocenters. The van der Waals surface area contributed by atoms with Crippen molar-refractivity contribution in [1.82, 2.24) is 4.90 Å². The minimum absolute atomic E-state index is 0.0590. The molecule has 4 nitrogen and oxygen atoms in total. The van der Waals surface area contributed by atoms with E-state index >= 15 is 0 Å². The van der Waals surface area contributed by atoms with E-state index in [0.29, 0.717) is 6.54 Å². The lowest BCUT2D eigenvalue weighted by Gasteiger charge is -2.31. The van der Waals surface area contributed by atoms with Crippen molar-refractivity contribution in [1.29, 1.82) is 0 Å². The van der Waals surface area contributed by atoms with Crippen LogP contribution in [0.5, 0.6) is 0 Å². The maximum absolute atomic E-state index is 12.8. The van der Waals surface area contributed by atoms with Crippen LogP contribution in [-0.4, -0.2) is 45.0 Å². The van der Waals surface area contributed by atoms with Crippen molar-refractivity contribution >= 4 is 17.3 Å². The quantitative estimate of drug-likeness (QED) is 0.814. The lowest BCUT2D eigenvalue weighted by molar-refractivity contribution is 0.0785. The summed E-state index contributed by atoms with van der Waals surface area (Å²) in [5, 5.41) is 0. The number of para-hydroxylation sites is 1. The molecule has 0 bridgehead atoms. The lowest BCUT2D eigenvalue weighted by atomic mass is 10.1. The van der Waals surface area contributed by atoms with Gasteiger partial charge in [-0.2, -0.15) is 0 Å². The molecule has 0 unspecified atom stereocenters. The lowest BCUT2D eigenvalue weighted by Crippen LogP contribution is -2.32. The first-order valence-electron chi connectivity index (χ1n) is 9.42. The van der Waals surface area contributed by atoms with Crippen molar-refractivity contribution < 1.29 is 4.79 Å². The molecule has 2 aromatic rings. The van der Waals surface area contributed by atoms with Gasteiger partial charge in [-0.1, -0.05) is 18.2 Å². The van der Waals surface area contributed by atoms with Crippen molar-refractivity contribution in [3.05, 3.63) is 59.7 Å². The van der Waals surface area contributed by atoms with Gasteiger partial charge in [-0.25, -0.2) is 0 Å². The maximum atomic E-state index is 12.8. The third-order valence-corrected chi connectivity index (χ3v) is 5.07. The van der Waals surface area contributed by atoms with Crippen molar-refractivity contribution in [3.63, 3.8) is 0 Å². The Morgan fingerprint density at radius 1 is 0.923 bits per heavy atom. The number of hydrogen-bond donors (Lipinski definition) is 0. The predicted octanol–water partition coefficient (Wildman–Crippen LogP) is 4.02. The zero-order chi connectivity index (χ0) is 18.5. The molecule has 1 heterocycles. The molecule has 0 aromatic heterocycles. The van der Waals surface area contributed by atoms with Gasteiger partial charge in [0.25, 0.3) is 5.91 Å². The van der Waals surface area contributed by atoms with Gasteiger partial charge in [0.05, 0.1) is 0 Å². The molecule has 0 spiro atoms. The molecule has 4 heteroatoms. The number of anilines is 2. The van der Waals surface area contributed by atoms with Crippen LogP contribution in [0.4, 0.5) is 11.4 Å². The Balaban J connectivity index is 1.73. The molecule has 1 aliphatic heterocycles. The van der Waals surface area contributed by atoms with E-state index in [0.717, 1.165) is 24.3 Å². The average Bonchev–Trinajstić information content (AvgIpc) is 2.68. The second-order valence-corrected chi connectivity index (χ2v) is 7.28. The minimum atomic E-state index is 0.0590. The standard InChI is InChI=1S/C22H29N3O/c1-23(2)20-13-11-18(12-14-20)22(26)24(3)17-19-9-5-6-10-21(19)25-15-7-4-8-16-25/h5-6,9-14H,4,7-8,15-17H2,1-3H3. The van der Waals surface area contributed by atoms with Gasteiger partial charge in [0.1, 0.15) is 0 Å². The van der Waals surface area contributed by atoms with E-state index in [1.165, 1.54) is 30.5 Å². The van der Waals surface area contributed by atoms with Crippen molar-refractivity contribution in [2.75, 3.05) is 44.0 Å². The van der Waals surface area contributed by atoms with E-state index in [1.54, 1.807) is 0 Å². The fourth-order valence-corrected chi connectivity index (χ4v) is 3.54. The molecule has 3 rings (SSSR count). The number of nitrogens with zero attached hydrogens (tertiary/aromatic N) is 3. The number of amides is 1. The highest BCUT2D eigenvalue weighted by Crippen LogP contribution is 2.25. The van der Waals surface area contributed by atoms with E-state index < -0.39 is 0 Å². The predicted molar refractivity (Wildman–Crippen MR) is 109 cm³/mol. The smallest absolute Gasteiger partial charge is 0.253 e. The van der Waals surface area contributed by atoms with Gasteiger partial charge in [0, 0.05) is 57.7 Å². The summed E-state index contributed by atoms with van der Waals surface area (Å²) in [7, 11) is 5.89. The van der Waals surface area contributed by atoms with Crippen molar-refractivity contribution in [2.45, 2.75) is 25.8 Å². The first kappa shape index (κ1) is 18.3. The zero-order valence-corrected chi connectivity index (χ0v) is 16.1. The highest BCUT2D eigenvalue weighted by atomic mass is 16.2. The number of rotatable bonds is 5. The Kier molecular flexibility index (Phi) is 5.82. The molecule has 26 heavy (non-hydrogen) atoms. The first-order valence-corrected chi connectivity index (χ1v) is 9.42. The second kappa shape index (κ2) is 8.26. The van der Waals surface area contributed by atoms with Crippen LogP contribution >= 0.6 is 0 Å². The summed E-state index contributed by atoms with van der Waals surface area (Å²) in [6, 6.07) is 16.3. The molecule has 1 saturated heterocycles. The Hall–Kier alpha value is -2.49. The van der Waals surface area contributed by atoms with Crippen LogP contribution in [0.1, 0.15) is 35.2 Å². The minimum Gasteiger partial charge on any atom is -0.378 e. The average molecular weight is 351 g/mol. The molecule has 0 N–H and O–H groups in total. The van der Waals surface area contributed by atoms with Crippen LogP contribution in [0.15, 0.2) is 48.5 Å². The Morgan fingerprint density at radius 3 is 2.23 bits per heavy atom. The third-order valence-electron chi connectivity index (χ3n) is 5.07. The Morgan fingerprint density at radius 2 is 1.58 bits per heavy atom. The largest absolute Gasteiger partial charge is 0.378 e. The number of carbonyl (C=O) groups is 1. The van der Waals surface area contributed by atoms with E-state index in [4.69, 9.17) is 0 Å². The SMILES string of the molecule is CN(Cc1ccccc1N1CCCCC1)C(=O)c1ccc(N(C)C)cc1. The molecule has 1 amide bonds.